The second-order valence-corrected chi connectivity index (χ2v) is 9.42. The van der Waals surface area contributed by atoms with Crippen molar-refractivity contribution in [2.24, 2.45) is 0 Å². The van der Waals surface area contributed by atoms with E-state index in [9.17, 15) is 24.5 Å². The summed E-state index contributed by atoms with van der Waals surface area (Å²) in [6.07, 6.45) is 1.43. The lowest BCUT2D eigenvalue weighted by Crippen LogP contribution is -2.27. The number of hydrogen-bond donors (Lipinski definition) is 0. The Morgan fingerprint density at radius 3 is 2.49 bits per heavy atom. The van der Waals surface area contributed by atoms with Crippen molar-refractivity contribution in [3.05, 3.63) is 102 Å². The van der Waals surface area contributed by atoms with E-state index in [-0.39, 0.29) is 44.8 Å². The van der Waals surface area contributed by atoms with Gasteiger partial charge in [-0.1, -0.05) is 41.4 Å². The maximum absolute atomic E-state index is 12.9. The minimum atomic E-state index is -0.680. The Balaban J connectivity index is 1.57. The molecular weight excluding hydrogens is 543 g/mol. The topological polar surface area (TPSA) is 116 Å². The summed E-state index contributed by atoms with van der Waals surface area (Å²) < 4.78 is 10.7. The lowest BCUT2D eigenvalue weighted by molar-refractivity contribution is -0.385. The third kappa shape index (κ3) is 5.77. The first-order valence-corrected chi connectivity index (χ1v) is 12.1. The number of methoxy groups -OCH3 is 1. The van der Waals surface area contributed by atoms with Gasteiger partial charge in [-0.05, 0) is 59.8 Å². The highest BCUT2D eigenvalue weighted by atomic mass is 35.5. The van der Waals surface area contributed by atoms with Crippen LogP contribution in [0.1, 0.15) is 21.5 Å². The highest BCUT2D eigenvalue weighted by Crippen LogP contribution is 2.40. The smallest absolute Gasteiger partial charge is 0.343 e. The molecule has 1 aliphatic heterocycles. The minimum Gasteiger partial charge on any atom is -0.493 e. The predicted octanol–water partition coefficient (Wildman–Crippen LogP) is 6.37. The summed E-state index contributed by atoms with van der Waals surface area (Å²) in [5.41, 5.74) is 0.696. The van der Waals surface area contributed by atoms with E-state index in [1.165, 1.54) is 55.7 Å². The number of para-hydroxylation sites is 1. The second-order valence-electron chi connectivity index (χ2n) is 7.58. The first kappa shape index (κ1) is 26.2. The number of thioether (sulfide) groups is 1. The molecule has 4 rings (SSSR count). The predicted molar refractivity (Wildman–Crippen MR) is 139 cm³/mol. The third-order valence-corrected chi connectivity index (χ3v) is 6.65. The standard InChI is InChI=1S/C25H16Cl2N2O7S/c1-35-20-11-14(10-18(27)22(20)36-24(31)15-6-8-17(26)9-7-15)12-21-23(30)28(25(32)37-21)13-16-4-2-3-5-19(16)29(33)34/h2-12H,13H2,1H3/b21-12-. The SMILES string of the molecule is COc1cc(/C=C2\SC(=O)N(Cc3ccccc3[N+](=O)[O-])C2=O)cc(Cl)c1OC(=O)c1ccc(Cl)cc1. The molecule has 0 unspecified atom stereocenters. The summed E-state index contributed by atoms with van der Waals surface area (Å²) >= 11 is 12.9. The fraction of sp³-hybridized carbons (Fsp3) is 0.0800. The van der Waals surface area contributed by atoms with Crippen molar-refractivity contribution in [1.82, 2.24) is 4.90 Å². The number of nitro groups is 1. The third-order valence-electron chi connectivity index (χ3n) is 5.21. The molecule has 0 aliphatic carbocycles. The van der Waals surface area contributed by atoms with Crippen LogP contribution < -0.4 is 9.47 Å². The van der Waals surface area contributed by atoms with Crippen molar-refractivity contribution in [3.63, 3.8) is 0 Å². The van der Waals surface area contributed by atoms with Crippen LogP contribution in [0.25, 0.3) is 6.08 Å². The Morgan fingerprint density at radius 1 is 1.11 bits per heavy atom. The van der Waals surface area contributed by atoms with E-state index in [1.807, 2.05) is 0 Å². The molecule has 1 fully saturated rings. The fourth-order valence-corrected chi connectivity index (χ4v) is 4.66. The summed E-state index contributed by atoms with van der Waals surface area (Å²) in [6.45, 7) is -0.247. The van der Waals surface area contributed by atoms with Gasteiger partial charge in [-0.2, -0.15) is 0 Å². The van der Waals surface area contributed by atoms with Crippen LogP contribution in [0, 0.1) is 10.1 Å². The Bertz CT molecular complexity index is 1460. The van der Waals surface area contributed by atoms with Crippen LogP contribution in [0.4, 0.5) is 10.5 Å². The zero-order valence-corrected chi connectivity index (χ0v) is 21.3. The maximum Gasteiger partial charge on any atom is 0.343 e. The fourth-order valence-electron chi connectivity index (χ4n) is 3.44. The van der Waals surface area contributed by atoms with Gasteiger partial charge in [-0.3, -0.25) is 24.6 Å². The molecule has 3 aromatic rings. The van der Waals surface area contributed by atoms with Crippen LogP contribution in [0.3, 0.4) is 0 Å². The Morgan fingerprint density at radius 2 is 1.81 bits per heavy atom. The molecule has 1 saturated heterocycles. The maximum atomic E-state index is 12.9. The van der Waals surface area contributed by atoms with Crippen molar-refractivity contribution in [3.8, 4) is 11.5 Å². The average Bonchev–Trinajstić information content (AvgIpc) is 3.13. The lowest BCUT2D eigenvalue weighted by atomic mass is 10.1. The van der Waals surface area contributed by atoms with Crippen LogP contribution in [-0.4, -0.2) is 34.0 Å². The number of rotatable bonds is 7. The van der Waals surface area contributed by atoms with E-state index in [2.05, 4.69) is 0 Å². The zero-order valence-electron chi connectivity index (χ0n) is 19.0. The number of nitrogens with zero attached hydrogens (tertiary/aromatic N) is 2. The quantitative estimate of drug-likeness (QED) is 0.108. The number of ether oxygens (including phenoxy) is 2. The first-order chi connectivity index (χ1) is 17.7. The number of esters is 1. The summed E-state index contributed by atoms with van der Waals surface area (Å²) in [7, 11) is 1.36. The highest BCUT2D eigenvalue weighted by Gasteiger charge is 2.36. The molecule has 9 nitrogen and oxygen atoms in total. The molecule has 0 aromatic heterocycles. The number of carbonyl (C=O) groups is 3. The van der Waals surface area contributed by atoms with Crippen LogP contribution >= 0.6 is 35.0 Å². The molecule has 12 heteroatoms. The number of amides is 2. The molecular formula is C25H16Cl2N2O7S. The van der Waals surface area contributed by atoms with E-state index in [0.717, 1.165) is 4.90 Å². The number of halogens is 2. The largest absolute Gasteiger partial charge is 0.493 e. The van der Waals surface area contributed by atoms with Crippen LogP contribution in [0.15, 0.2) is 65.6 Å². The van der Waals surface area contributed by atoms with Gasteiger partial charge in [0.1, 0.15) is 0 Å². The summed E-state index contributed by atoms with van der Waals surface area (Å²) in [5.74, 6) is -1.19. The van der Waals surface area contributed by atoms with E-state index < -0.39 is 22.0 Å². The Kier molecular flexibility index (Phi) is 7.82. The summed E-state index contributed by atoms with van der Waals surface area (Å²) in [6, 6.07) is 14.9. The monoisotopic (exact) mass is 558 g/mol. The van der Waals surface area contributed by atoms with Gasteiger partial charge in [0, 0.05) is 16.7 Å². The number of imide groups is 1. The molecule has 188 valence electrons. The second kappa shape index (κ2) is 11.0. The molecule has 1 heterocycles. The van der Waals surface area contributed by atoms with Crippen LogP contribution in [-0.2, 0) is 11.3 Å². The number of nitro benzene ring substituents is 1. The first-order valence-electron chi connectivity index (χ1n) is 10.5. The van der Waals surface area contributed by atoms with Crippen molar-refractivity contribution >= 4 is 63.8 Å². The van der Waals surface area contributed by atoms with Crippen LogP contribution in [0.2, 0.25) is 10.0 Å². The van der Waals surface area contributed by atoms with Gasteiger partial charge in [-0.25, -0.2) is 4.79 Å². The van der Waals surface area contributed by atoms with E-state index in [1.54, 1.807) is 18.2 Å². The van der Waals surface area contributed by atoms with E-state index in [4.69, 9.17) is 32.7 Å². The van der Waals surface area contributed by atoms with Gasteiger partial charge in [0.05, 0.1) is 34.1 Å². The molecule has 3 aromatic carbocycles. The summed E-state index contributed by atoms with van der Waals surface area (Å²) in [5, 5.41) is 11.2. The molecule has 37 heavy (non-hydrogen) atoms. The number of carbonyl (C=O) groups excluding carboxylic acids is 3. The Hall–Kier alpha value is -3.86. The van der Waals surface area contributed by atoms with Gasteiger partial charge < -0.3 is 9.47 Å². The zero-order chi connectivity index (χ0) is 26.7. The van der Waals surface area contributed by atoms with Crippen molar-refractivity contribution in [2.75, 3.05) is 7.11 Å². The number of hydrogen-bond acceptors (Lipinski definition) is 8. The van der Waals surface area contributed by atoms with Gasteiger partial charge in [0.2, 0.25) is 0 Å². The minimum absolute atomic E-state index is 0.0224. The van der Waals surface area contributed by atoms with Crippen molar-refractivity contribution in [2.45, 2.75) is 6.54 Å². The molecule has 2 amide bonds. The van der Waals surface area contributed by atoms with Crippen LogP contribution in [0.5, 0.6) is 11.5 Å². The number of benzene rings is 3. The van der Waals surface area contributed by atoms with Crippen molar-refractivity contribution in [1.29, 1.82) is 0 Å². The molecule has 0 atom stereocenters. The van der Waals surface area contributed by atoms with Gasteiger partial charge in [-0.15, -0.1) is 0 Å². The van der Waals surface area contributed by atoms with Crippen molar-refractivity contribution < 1.29 is 28.8 Å². The van der Waals surface area contributed by atoms with Gasteiger partial charge >= 0.3 is 5.97 Å². The van der Waals surface area contributed by atoms with E-state index in [0.29, 0.717) is 22.3 Å². The lowest BCUT2D eigenvalue weighted by Gasteiger charge is -2.13. The molecule has 0 saturated carbocycles. The van der Waals surface area contributed by atoms with Gasteiger partial charge in [0.25, 0.3) is 16.8 Å². The Labute approximate surface area is 224 Å². The molecule has 1 aliphatic rings. The molecule has 0 N–H and O–H groups in total. The highest BCUT2D eigenvalue weighted by molar-refractivity contribution is 8.18. The molecule has 0 spiro atoms. The van der Waals surface area contributed by atoms with Gasteiger partial charge in [0.15, 0.2) is 11.5 Å². The molecule has 0 radical (unpaired) electrons. The molecule has 0 bridgehead atoms. The average molecular weight is 559 g/mol. The summed E-state index contributed by atoms with van der Waals surface area (Å²) in [4.78, 5) is 49.7. The van der Waals surface area contributed by atoms with E-state index >= 15 is 0 Å². The normalized spacial score (nSPS) is 14.2.